The summed E-state index contributed by atoms with van der Waals surface area (Å²) in [5.74, 6) is 0.803. The minimum Gasteiger partial charge on any atom is -0.459 e. The quantitative estimate of drug-likeness (QED) is 0.722. The van der Waals surface area contributed by atoms with E-state index in [1.807, 2.05) is 60.7 Å². The Labute approximate surface area is 99.7 Å². The van der Waals surface area contributed by atoms with E-state index in [0.717, 1.165) is 22.3 Å². The number of benzene rings is 2. The molecule has 2 N–H and O–H groups in total. The van der Waals surface area contributed by atoms with Crippen LogP contribution in [0, 0.1) is 0 Å². The van der Waals surface area contributed by atoms with E-state index >= 15 is 0 Å². The summed E-state index contributed by atoms with van der Waals surface area (Å²) in [7, 11) is 0. The van der Waals surface area contributed by atoms with Gasteiger partial charge in [0.05, 0.1) is 6.04 Å². The van der Waals surface area contributed by atoms with E-state index in [9.17, 15) is 0 Å². The molecule has 0 saturated carbocycles. The fourth-order valence-corrected chi connectivity index (χ4v) is 1.98. The number of para-hydroxylation sites is 1. The van der Waals surface area contributed by atoms with Gasteiger partial charge in [-0.15, -0.1) is 0 Å². The number of furan rings is 1. The Hall–Kier alpha value is -2.06. The number of hydrogen-bond acceptors (Lipinski definition) is 2. The highest BCUT2D eigenvalue weighted by molar-refractivity contribution is 5.77. The smallest absolute Gasteiger partial charge is 0.134 e. The number of rotatable bonds is 2. The molecule has 0 aliphatic rings. The van der Waals surface area contributed by atoms with Crippen molar-refractivity contribution < 1.29 is 4.42 Å². The van der Waals surface area contributed by atoms with Crippen LogP contribution in [-0.4, -0.2) is 0 Å². The maximum Gasteiger partial charge on any atom is 0.134 e. The first-order valence-corrected chi connectivity index (χ1v) is 5.63. The van der Waals surface area contributed by atoms with Crippen molar-refractivity contribution in [2.45, 2.75) is 6.04 Å². The summed E-state index contributed by atoms with van der Waals surface area (Å²) in [5.41, 5.74) is 8.13. The zero-order valence-corrected chi connectivity index (χ0v) is 9.34. The zero-order valence-electron chi connectivity index (χ0n) is 9.34. The summed E-state index contributed by atoms with van der Waals surface area (Å²) < 4.78 is 5.76. The van der Waals surface area contributed by atoms with Crippen LogP contribution < -0.4 is 5.73 Å². The monoisotopic (exact) mass is 223 g/mol. The number of fused-ring (bicyclic) bond motifs is 1. The molecule has 17 heavy (non-hydrogen) atoms. The van der Waals surface area contributed by atoms with Gasteiger partial charge in [0, 0.05) is 5.39 Å². The first-order chi connectivity index (χ1) is 8.34. The van der Waals surface area contributed by atoms with Crippen molar-refractivity contribution in [3.63, 3.8) is 0 Å². The molecule has 1 heterocycles. The molecule has 1 aromatic heterocycles. The molecule has 0 spiro atoms. The summed E-state index contributed by atoms with van der Waals surface area (Å²) in [5, 5.41) is 1.09. The van der Waals surface area contributed by atoms with Gasteiger partial charge in [0.25, 0.3) is 0 Å². The third-order valence-corrected chi connectivity index (χ3v) is 2.91. The lowest BCUT2D eigenvalue weighted by Crippen LogP contribution is -2.10. The normalized spacial score (nSPS) is 12.8. The molecule has 0 unspecified atom stereocenters. The van der Waals surface area contributed by atoms with Gasteiger partial charge in [-0.05, 0) is 17.7 Å². The Bertz CT molecular complexity index is 594. The lowest BCUT2D eigenvalue weighted by atomic mass is 10.1. The van der Waals surface area contributed by atoms with Gasteiger partial charge in [-0.1, -0.05) is 48.5 Å². The van der Waals surface area contributed by atoms with E-state index in [4.69, 9.17) is 10.2 Å². The lowest BCUT2D eigenvalue weighted by molar-refractivity contribution is 0.525. The highest BCUT2D eigenvalue weighted by Crippen LogP contribution is 2.26. The Kier molecular flexibility index (Phi) is 2.42. The predicted molar refractivity (Wildman–Crippen MR) is 68.7 cm³/mol. The fourth-order valence-electron chi connectivity index (χ4n) is 1.98. The lowest BCUT2D eigenvalue weighted by Gasteiger charge is -2.07. The second kappa shape index (κ2) is 4.07. The molecule has 0 saturated heterocycles. The molecule has 2 nitrogen and oxygen atoms in total. The van der Waals surface area contributed by atoms with Gasteiger partial charge in [0.1, 0.15) is 11.3 Å². The summed E-state index contributed by atoms with van der Waals surface area (Å²) in [6, 6.07) is 19.7. The summed E-state index contributed by atoms with van der Waals surface area (Å²) in [6.45, 7) is 0. The molecule has 2 heteroatoms. The molecule has 0 fully saturated rings. The van der Waals surface area contributed by atoms with E-state index in [0.29, 0.717) is 0 Å². The van der Waals surface area contributed by atoms with Crippen LogP contribution in [-0.2, 0) is 0 Å². The van der Waals surface area contributed by atoms with Crippen LogP contribution in [0.1, 0.15) is 17.4 Å². The maximum atomic E-state index is 6.19. The van der Waals surface area contributed by atoms with Gasteiger partial charge in [0.15, 0.2) is 0 Å². The van der Waals surface area contributed by atoms with Crippen molar-refractivity contribution in [3.8, 4) is 0 Å². The average Bonchev–Trinajstić information content (AvgIpc) is 2.82. The zero-order chi connectivity index (χ0) is 11.7. The van der Waals surface area contributed by atoms with Crippen molar-refractivity contribution in [3.05, 3.63) is 72.0 Å². The second-order valence-electron chi connectivity index (χ2n) is 4.07. The van der Waals surface area contributed by atoms with E-state index in [1.54, 1.807) is 0 Å². The maximum absolute atomic E-state index is 6.19. The molecular formula is C15H13NO. The molecular weight excluding hydrogens is 210 g/mol. The average molecular weight is 223 g/mol. The topological polar surface area (TPSA) is 39.2 Å². The Balaban J connectivity index is 2.04. The molecule has 0 aliphatic carbocycles. The van der Waals surface area contributed by atoms with E-state index in [2.05, 4.69) is 0 Å². The Morgan fingerprint density at radius 3 is 2.35 bits per heavy atom. The van der Waals surface area contributed by atoms with E-state index in [-0.39, 0.29) is 6.04 Å². The second-order valence-corrected chi connectivity index (χ2v) is 4.07. The highest BCUT2D eigenvalue weighted by Gasteiger charge is 2.13. The van der Waals surface area contributed by atoms with E-state index < -0.39 is 0 Å². The molecule has 0 bridgehead atoms. The highest BCUT2D eigenvalue weighted by atomic mass is 16.3. The Morgan fingerprint density at radius 2 is 1.59 bits per heavy atom. The van der Waals surface area contributed by atoms with Crippen LogP contribution in [0.5, 0.6) is 0 Å². The van der Waals surface area contributed by atoms with Crippen molar-refractivity contribution in [2.75, 3.05) is 0 Å². The molecule has 1 atom stereocenters. The van der Waals surface area contributed by atoms with Crippen LogP contribution in [0.2, 0.25) is 0 Å². The predicted octanol–water partition coefficient (Wildman–Crippen LogP) is 3.48. The van der Waals surface area contributed by atoms with Gasteiger partial charge in [-0.3, -0.25) is 0 Å². The molecule has 0 amide bonds. The van der Waals surface area contributed by atoms with Crippen LogP contribution in [0.15, 0.2) is 65.1 Å². The third-order valence-electron chi connectivity index (χ3n) is 2.91. The summed E-state index contributed by atoms with van der Waals surface area (Å²) in [4.78, 5) is 0. The largest absolute Gasteiger partial charge is 0.459 e. The standard InChI is InChI=1S/C15H13NO/c16-15(11-6-2-1-3-7-11)14-10-12-8-4-5-9-13(12)17-14/h1-10,15H,16H2/t15-/m1/s1. The fraction of sp³-hybridized carbons (Fsp3) is 0.0667. The first-order valence-electron chi connectivity index (χ1n) is 5.63. The SMILES string of the molecule is N[C@H](c1ccccc1)c1cc2ccccc2o1. The Morgan fingerprint density at radius 1 is 0.882 bits per heavy atom. The van der Waals surface area contributed by atoms with Gasteiger partial charge >= 0.3 is 0 Å². The van der Waals surface area contributed by atoms with Crippen molar-refractivity contribution >= 4 is 11.0 Å². The number of nitrogens with two attached hydrogens (primary N) is 1. The van der Waals surface area contributed by atoms with E-state index in [1.165, 1.54) is 0 Å². The van der Waals surface area contributed by atoms with Gasteiger partial charge in [0.2, 0.25) is 0 Å². The van der Waals surface area contributed by atoms with Crippen LogP contribution in [0.25, 0.3) is 11.0 Å². The van der Waals surface area contributed by atoms with Gasteiger partial charge in [-0.2, -0.15) is 0 Å². The third kappa shape index (κ3) is 1.83. The van der Waals surface area contributed by atoms with Crippen LogP contribution >= 0.6 is 0 Å². The molecule has 84 valence electrons. The van der Waals surface area contributed by atoms with Crippen molar-refractivity contribution in [2.24, 2.45) is 5.73 Å². The van der Waals surface area contributed by atoms with Crippen molar-refractivity contribution in [1.82, 2.24) is 0 Å². The summed E-state index contributed by atoms with van der Waals surface area (Å²) in [6.07, 6.45) is 0. The molecule has 2 aromatic carbocycles. The minimum absolute atomic E-state index is 0.205. The molecule has 0 aliphatic heterocycles. The van der Waals surface area contributed by atoms with Crippen LogP contribution in [0.4, 0.5) is 0 Å². The van der Waals surface area contributed by atoms with Crippen LogP contribution in [0.3, 0.4) is 0 Å². The van der Waals surface area contributed by atoms with Crippen molar-refractivity contribution in [1.29, 1.82) is 0 Å². The minimum atomic E-state index is -0.205. The molecule has 3 aromatic rings. The van der Waals surface area contributed by atoms with Gasteiger partial charge in [-0.25, -0.2) is 0 Å². The molecule has 3 rings (SSSR count). The first kappa shape index (κ1) is 10.1. The number of hydrogen-bond donors (Lipinski definition) is 1. The molecule has 0 radical (unpaired) electrons. The summed E-state index contributed by atoms with van der Waals surface area (Å²) >= 11 is 0. The van der Waals surface area contributed by atoms with Gasteiger partial charge < -0.3 is 10.2 Å².